The number of oxime groups is 1. The van der Waals surface area contributed by atoms with Gasteiger partial charge >= 0.3 is 5.97 Å². The Hall–Kier alpha value is -3.30. The Labute approximate surface area is 203 Å². The van der Waals surface area contributed by atoms with Crippen molar-refractivity contribution in [3.8, 4) is 11.4 Å². The van der Waals surface area contributed by atoms with Crippen molar-refractivity contribution in [3.63, 3.8) is 0 Å². The van der Waals surface area contributed by atoms with Crippen LogP contribution in [0.3, 0.4) is 0 Å². The van der Waals surface area contributed by atoms with E-state index >= 15 is 0 Å². The summed E-state index contributed by atoms with van der Waals surface area (Å²) in [6.07, 6.45) is 3.64. The molecule has 4 rings (SSSR count). The Morgan fingerprint density at radius 1 is 1.18 bits per heavy atom. The first-order valence-corrected chi connectivity index (χ1v) is 12.3. The third-order valence-corrected chi connectivity index (χ3v) is 6.53. The molecule has 1 aliphatic rings. The molecular formula is C25H28N4O4S. The van der Waals surface area contributed by atoms with E-state index in [0.29, 0.717) is 18.9 Å². The minimum atomic E-state index is -0.862. The lowest BCUT2D eigenvalue weighted by Gasteiger charge is -2.16. The van der Waals surface area contributed by atoms with Crippen molar-refractivity contribution < 1.29 is 19.5 Å². The molecule has 3 aromatic rings. The van der Waals surface area contributed by atoms with E-state index < -0.39 is 5.97 Å². The van der Waals surface area contributed by atoms with Crippen LogP contribution >= 0.6 is 11.8 Å². The zero-order valence-corrected chi connectivity index (χ0v) is 19.9. The van der Waals surface area contributed by atoms with Gasteiger partial charge in [0, 0.05) is 42.7 Å². The molecule has 2 aromatic carbocycles. The first kappa shape index (κ1) is 23.8. The predicted molar refractivity (Wildman–Crippen MR) is 133 cm³/mol. The number of benzene rings is 2. The van der Waals surface area contributed by atoms with Crippen molar-refractivity contribution in [1.82, 2.24) is 14.7 Å². The number of nitrogens with zero attached hydrogens (tertiary/aromatic N) is 4. The number of rotatable bonds is 11. The molecule has 1 fully saturated rings. The van der Waals surface area contributed by atoms with Gasteiger partial charge in [-0.15, -0.1) is 11.8 Å². The maximum absolute atomic E-state index is 11.0. The number of aromatic nitrogens is 2. The topological polar surface area (TPSA) is 89.2 Å². The van der Waals surface area contributed by atoms with E-state index in [-0.39, 0.29) is 13.0 Å². The lowest BCUT2D eigenvalue weighted by molar-refractivity contribution is -0.136. The summed E-state index contributed by atoms with van der Waals surface area (Å²) >= 11 is 1.92. The molecule has 0 radical (unpaired) electrons. The Balaban J connectivity index is 1.38. The Bertz CT molecular complexity index is 1110. The number of carboxylic acids is 1. The van der Waals surface area contributed by atoms with Crippen LogP contribution in [0.5, 0.6) is 5.75 Å². The molecule has 0 amide bonds. The van der Waals surface area contributed by atoms with Gasteiger partial charge in [0.1, 0.15) is 18.1 Å². The molecule has 1 saturated heterocycles. The first-order valence-electron chi connectivity index (χ1n) is 11.1. The predicted octanol–water partition coefficient (Wildman–Crippen LogP) is 3.61. The average molecular weight is 481 g/mol. The summed E-state index contributed by atoms with van der Waals surface area (Å²) in [7, 11) is 0. The monoisotopic (exact) mass is 480 g/mol. The molecule has 2 heterocycles. The number of aliphatic carboxylic acids is 1. The SMILES string of the molecule is Cc1c(CC(=O)O)cccc1OCCO/N=C(\CN1CCSC1)c1ccc(-n2cccn2)cc1. The van der Waals surface area contributed by atoms with Crippen LogP contribution in [0, 0.1) is 6.92 Å². The van der Waals surface area contributed by atoms with Gasteiger partial charge in [0.25, 0.3) is 0 Å². The van der Waals surface area contributed by atoms with E-state index in [1.807, 2.05) is 66.0 Å². The smallest absolute Gasteiger partial charge is 0.307 e. The first-order chi connectivity index (χ1) is 16.6. The summed E-state index contributed by atoms with van der Waals surface area (Å²) in [6.45, 7) is 4.21. The summed E-state index contributed by atoms with van der Waals surface area (Å²) in [4.78, 5) is 19.0. The van der Waals surface area contributed by atoms with Crippen molar-refractivity contribution >= 4 is 23.4 Å². The molecule has 178 valence electrons. The Morgan fingerprint density at radius 2 is 2.03 bits per heavy atom. The third-order valence-electron chi connectivity index (χ3n) is 5.51. The Morgan fingerprint density at radius 3 is 2.74 bits per heavy atom. The van der Waals surface area contributed by atoms with Gasteiger partial charge < -0.3 is 14.7 Å². The summed E-state index contributed by atoms with van der Waals surface area (Å²) in [5.41, 5.74) is 4.44. The largest absolute Gasteiger partial charge is 0.490 e. The maximum Gasteiger partial charge on any atom is 0.307 e. The van der Waals surface area contributed by atoms with Crippen LogP contribution in [0.2, 0.25) is 0 Å². The van der Waals surface area contributed by atoms with Crippen molar-refractivity contribution in [1.29, 1.82) is 0 Å². The summed E-state index contributed by atoms with van der Waals surface area (Å²) in [5.74, 6) is 1.91. The van der Waals surface area contributed by atoms with E-state index in [1.165, 1.54) is 0 Å². The maximum atomic E-state index is 11.0. The molecule has 9 heteroatoms. The van der Waals surface area contributed by atoms with Crippen LogP contribution in [0.1, 0.15) is 16.7 Å². The van der Waals surface area contributed by atoms with Crippen LogP contribution in [0.25, 0.3) is 5.69 Å². The second kappa shape index (κ2) is 11.7. The van der Waals surface area contributed by atoms with Gasteiger partial charge in [-0.05, 0) is 42.3 Å². The van der Waals surface area contributed by atoms with Gasteiger partial charge in [0.2, 0.25) is 0 Å². The van der Waals surface area contributed by atoms with Gasteiger partial charge in [-0.2, -0.15) is 5.10 Å². The fraction of sp³-hybridized carbons (Fsp3) is 0.320. The molecular weight excluding hydrogens is 452 g/mol. The minimum absolute atomic E-state index is 0.0266. The summed E-state index contributed by atoms with van der Waals surface area (Å²) in [6, 6.07) is 15.5. The third kappa shape index (κ3) is 6.39. The fourth-order valence-electron chi connectivity index (χ4n) is 3.67. The number of hydrogen-bond donors (Lipinski definition) is 1. The molecule has 0 saturated carbocycles. The van der Waals surface area contributed by atoms with Gasteiger partial charge in [-0.3, -0.25) is 9.69 Å². The normalized spacial score (nSPS) is 14.3. The van der Waals surface area contributed by atoms with E-state index in [2.05, 4.69) is 15.2 Å². The van der Waals surface area contributed by atoms with Gasteiger partial charge in [-0.25, -0.2) is 4.68 Å². The zero-order chi connectivity index (χ0) is 23.8. The van der Waals surface area contributed by atoms with Gasteiger partial charge in [0.15, 0.2) is 6.61 Å². The quantitative estimate of drug-likeness (QED) is 0.255. The van der Waals surface area contributed by atoms with E-state index in [1.54, 1.807) is 18.3 Å². The molecule has 0 aliphatic carbocycles. The molecule has 0 spiro atoms. The molecule has 34 heavy (non-hydrogen) atoms. The zero-order valence-electron chi connectivity index (χ0n) is 19.1. The lowest BCUT2D eigenvalue weighted by atomic mass is 10.1. The second-order valence-electron chi connectivity index (χ2n) is 7.92. The van der Waals surface area contributed by atoms with Crippen LogP contribution in [0.4, 0.5) is 0 Å². The lowest BCUT2D eigenvalue weighted by Crippen LogP contribution is -2.28. The van der Waals surface area contributed by atoms with Crippen molar-refractivity contribution in [2.45, 2.75) is 13.3 Å². The van der Waals surface area contributed by atoms with E-state index in [9.17, 15) is 4.79 Å². The highest BCUT2D eigenvalue weighted by Gasteiger charge is 2.16. The number of carboxylic acid groups (broad SMARTS) is 1. The van der Waals surface area contributed by atoms with Crippen molar-refractivity contribution in [2.75, 3.05) is 37.9 Å². The Kier molecular flexibility index (Phi) is 8.21. The standard InChI is InChI=1S/C25H28N4O4S/c1-19-21(16-25(30)31)4-2-5-24(19)32-13-14-33-27-23(17-28-12-15-34-18-28)20-6-8-22(9-7-20)29-11-3-10-26-29/h2-11H,12-18H2,1H3,(H,30,31)/b27-23+. The molecule has 1 N–H and O–H groups in total. The van der Waals surface area contributed by atoms with Gasteiger partial charge in [-0.1, -0.05) is 29.4 Å². The number of thioether (sulfide) groups is 1. The second-order valence-corrected chi connectivity index (χ2v) is 8.99. The van der Waals surface area contributed by atoms with E-state index in [0.717, 1.165) is 46.3 Å². The number of ether oxygens (including phenoxy) is 1. The van der Waals surface area contributed by atoms with Crippen LogP contribution in [-0.2, 0) is 16.1 Å². The van der Waals surface area contributed by atoms with Crippen molar-refractivity contribution in [3.05, 3.63) is 77.6 Å². The fourth-order valence-corrected chi connectivity index (χ4v) is 4.67. The van der Waals surface area contributed by atoms with Crippen LogP contribution in [0.15, 0.2) is 66.1 Å². The molecule has 1 aromatic heterocycles. The molecule has 0 atom stereocenters. The van der Waals surface area contributed by atoms with Crippen molar-refractivity contribution in [2.24, 2.45) is 5.16 Å². The van der Waals surface area contributed by atoms with Crippen LogP contribution in [-0.4, -0.2) is 69.4 Å². The highest BCUT2D eigenvalue weighted by molar-refractivity contribution is 7.99. The van der Waals surface area contributed by atoms with Crippen LogP contribution < -0.4 is 4.74 Å². The molecule has 8 nitrogen and oxygen atoms in total. The number of carbonyl (C=O) groups is 1. The molecule has 0 unspecified atom stereocenters. The average Bonchev–Trinajstić information content (AvgIpc) is 3.55. The summed E-state index contributed by atoms with van der Waals surface area (Å²) in [5, 5.41) is 17.8. The summed E-state index contributed by atoms with van der Waals surface area (Å²) < 4.78 is 7.64. The van der Waals surface area contributed by atoms with Gasteiger partial charge in [0.05, 0.1) is 12.1 Å². The van der Waals surface area contributed by atoms with E-state index in [4.69, 9.17) is 14.7 Å². The highest BCUT2D eigenvalue weighted by atomic mass is 32.2. The number of hydrogen-bond acceptors (Lipinski definition) is 7. The highest BCUT2D eigenvalue weighted by Crippen LogP contribution is 2.22. The molecule has 1 aliphatic heterocycles. The minimum Gasteiger partial charge on any atom is -0.490 e. The molecule has 0 bridgehead atoms.